The molecule has 0 fully saturated rings. The second kappa shape index (κ2) is 6.92. The molecule has 1 atom stereocenters. The van der Waals surface area contributed by atoms with Crippen LogP contribution in [0.15, 0.2) is 38.3 Å². The van der Waals surface area contributed by atoms with Crippen molar-refractivity contribution >= 4 is 40.4 Å². The molecule has 6 heteroatoms. The molecule has 0 aliphatic rings. The first-order valence-corrected chi connectivity index (χ1v) is 6.98. The molecule has 3 nitrogen and oxygen atoms in total. The third-order valence-electron chi connectivity index (χ3n) is 2.31. The number of nitrogens with zero attached hydrogens (tertiary/aromatic N) is 2. The van der Waals surface area contributed by atoms with Gasteiger partial charge in [-0.15, -0.1) is 11.3 Å². The van der Waals surface area contributed by atoms with Gasteiger partial charge in [-0.2, -0.15) is 0 Å². The maximum atomic E-state index is 6.13. The van der Waals surface area contributed by atoms with E-state index in [1.165, 1.54) is 11.3 Å². The number of rotatable bonds is 4. The average molecular weight is 304 g/mol. The summed E-state index contributed by atoms with van der Waals surface area (Å²) < 4.78 is 0. The monoisotopic (exact) mass is 303 g/mol. The van der Waals surface area contributed by atoms with Crippen molar-refractivity contribution in [2.45, 2.75) is 26.8 Å². The van der Waals surface area contributed by atoms with Crippen LogP contribution in [0, 0.1) is 0 Å². The minimum atomic E-state index is -0.117. The van der Waals surface area contributed by atoms with Crippen LogP contribution in [0.3, 0.4) is 0 Å². The Morgan fingerprint density at radius 2 is 2.17 bits per heavy atom. The third-order valence-corrected chi connectivity index (χ3v) is 3.63. The number of halogens is 2. The lowest BCUT2D eigenvalue weighted by Crippen LogP contribution is -2.17. The van der Waals surface area contributed by atoms with Crippen LogP contribution in [0.5, 0.6) is 0 Å². The lowest BCUT2D eigenvalue weighted by Gasteiger charge is -2.09. The van der Waals surface area contributed by atoms with Crippen LogP contribution < -0.4 is 5.73 Å². The second-order valence-corrected chi connectivity index (χ2v) is 5.69. The van der Waals surface area contributed by atoms with E-state index in [1.807, 2.05) is 19.2 Å². The predicted molar refractivity (Wildman–Crippen MR) is 80.5 cm³/mol. The first kappa shape index (κ1) is 15.2. The number of aromatic nitrogens is 1. The van der Waals surface area contributed by atoms with Gasteiger partial charge in [0.2, 0.25) is 0 Å². The van der Waals surface area contributed by atoms with E-state index >= 15 is 0 Å². The largest absolute Gasteiger partial charge is 0.381 e. The topological polar surface area (TPSA) is 51.3 Å². The molecule has 1 aromatic rings. The molecule has 98 valence electrons. The fourth-order valence-corrected chi connectivity index (χ4v) is 2.23. The van der Waals surface area contributed by atoms with E-state index in [2.05, 4.69) is 9.98 Å². The first-order valence-electron chi connectivity index (χ1n) is 5.35. The van der Waals surface area contributed by atoms with Crippen molar-refractivity contribution in [3.05, 3.63) is 38.3 Å². The molecule has 0 bridgehead atoms. The fourth-order valence-electron chi connectivity index (χ4n) is 1.20. The zero-order valence-corrected chi connectivity index (χ0v) is 12.8. The van der Waals surface area contributed by atoms with Gasteiger partial charge < -0.3 is 5.73 Å². The maximum Gasteiger partial charge on any atom is 0.157 e. The number of allylic oxidation sites excluding steroid dienone is 3. The van der Waals surface area contributed by atoms with Crippen LogP contribution in [0.2, 0.25) is 0 Å². The number of hydrogen-bond acceptors (Lipinski definition) is 3. The summed E-state index contributed by atoms with van der Waals surface area (Å²) in [4.78, 5) is 8.48. The number of nitrogens with two attached hydrogens (primary N) is 1. The van der Waals surface area contributed by atoms with E-state index in [0.717, 1.165) is 10.6 Å². The molecule has 1 aromatic heterocycles. The molecule has 1 heterocycles. The highest BCUT2D eigenvalue weighted by molar-refractivity contribution is 7.11. The van der Waals surface area contributed by atoms with Gasteiger partial charge in [0.05, 0.1) is 6.04 Å². The zero-order chi connectivity index (χ0) is 13.7. The van der Waals surface area contributed by atoms with E-state index in [0.29, 0.717) is 15.9 Å². The Morgan fingerprint density at radius 3 is 2.67 bits per heavy atom. The Morgan fingerprint density at radius 1 is 1.50 bits per heavy atom. The summed E-state index contributed by atoms with van der Waals surface area (Å²) in [5.41, 5.74) is 6.78. The van der Waals surface area contributed by atoms with Crippen LogP contribution in [-0.2, 0) is 0 Å². The van der Waals surface area contributed by atoms with Gasteiger partial charge in [-0.05, 0) is 32.4 Å². The lowest BCUT2D eigenvalue weighted by molar-refractivity contribution is 0.857. The van der Waals surface area contributed by atoms with Crippen LogP contribution in [0.4, 0.5) is 0 Å². The minimum Gasteiger partial charge on any atom is -0.381 e. The first-order chi connectivity index (χ1) is 8.41. The van der Waals surface area contributed by atoms with Gasteiger partial charge in [-0.3, -0.25) is 4.99 Å². The molecule has 0 spiro atoms. The van der Waals surface area contributed by atoms with Crippen molar-refractivity contribution in [1.82, 2.24) is 4.98 Å². The standard InChI is InChI=1S/C12H15Cl2N3S/c1-7(13)6-10(14)8(2)9(3)17-11(15)12-16-4-5-18-12/h4-6,9H,1-3H3,(H2,15,17)/b7-6+,10-8?. The van der Waals surface area contributed by atoms with Crippen molar-refractivity contribution in [2.24, 2.45) is 10.7 Å². The van der Waals surface area contributed by atoms with E-state index in [-0.39, 0.29) is 6.04 Å². The number of hydrogen-bond donors (Lipinski definition) is 1. The Balaban J connectivity index is 2.92. The molecule has 0 aliphatic heterocycles. The SMILES string of the molecule is CC(=C(Cl)/C=C(\C)Cl)C(C)N=C(N)c1nccs1. The molecule has 1 rings (SSSR count). The highest BCUT2D eigenvalue weighted by atomic mass is 35.5. The van der Waals surface area contributed by atoms with Crippen molar-refractivity contribution in [3.8, 4) is 0 Å². The molecule has 0 aliphatic carbocycles. The van der Waals surface area contributed by atoms with Gasteiger partial charge in [0.1, 0.15) is 0 Å². The van der Waals surface area contributed by atoms with E-state index in [1.54, 1.807) is 19.2 Å². The summed E-state index contributed by atoms with van der Waals surface area (Å²) in [7, 11) is 0. The van der Waals surface area contributed by atoms with Crippen molar-refractivity contribution in [2.75, 3.05) is 0 Å². The summed E-state index contributed by atoms with van der Waals surface area (Å²) >= 11 is 13.4. The summed E-state index contributed by atoms with van der Waals surface area (Å²) in [5, 5.41) is 3.79. The smallest absolute Gasteiger partial charge is 0.157 e. The van der Waals surface area contributed by atoms with Gasteiger partial charge >= 0.3 is 0 Å². The van der Waals surface area contributed by atoms with Gasteiger partial charge in [0.25, 0.3) is 0 Å². The molecule has 0 saturated heterocycles. The summed E-state index contributed by atoms with van der Waals surface area (Å²) in [6.45, 7) is 5.60. The van der Waals surface area contributed by atoms with Gasteiger partial charge in [-0.25, -0.2) is 4.98 Å². The normalized spacial score (nSPS) is 16.5. The van der Waals surface area contributed by atoms with E-state index < -0.39 is 0 Å². The molecular formula is C12H15Cl2N3S. The van der Waals surface area contributed by atoms with E-state index in [9.17, 15) is 0 Å². The molecule has 0 radical (unpaired) electrons. The molecule has 1 unspecified atom stereocenters. The summed E-state index contributed by atoms with van der Waals surface area (Å²) in [6.07, 6.45) is 3.40. The molecule has 0 aromatic carbocycles. The predicted octanol–water partition coefficient (Wildman–Crippen LogP) is 3.89. The van der Waals surface area contributed by atoms with Crippen LogP contribution in [0.1, 0.15) is 25.8 Å². The summed E-state index contributed by atoms with van der Waals surface area (Å²) in [5.74, 6) is 0.424. The average Bonchev–Trinajstić information content (AvgIpc) is 2.80. The Bertz CT molecular complexity index is 485. The molecule has 0 saturated carbocycles. The number of aliphatic imine (C=N–C) groups is 1. The van der Waals surface area contributed by atoms with Gasteiger partial charge in [0.15, 0.2) is 10.8 Å². The Hall–Kier alpha value is -0.840. The summed E-state index contributed by atoms with van der Waals surface area (Å²) in [6, 6.07) is -0.117. The van der Waals surface area contributed by atoms with Crippen molar-refractivity contribution in [1.29, 1.82) is 0 Å². The van der Waals surface area contributed by atoms with Crippen LogP contribution in [0.25, 0.3) is 0 Å². The van der Waals surface area contributed by atoms with Crippen LogP contribution in [-0.4, -0.2) is 16.9 Å². The number of thiazole rings is 1. The molecule has 2 N–H and O–H groups in total. The second-order valence-electron chi connectivity index (χ2n) is 3.79. The highest BCUT2D eigenvalue weighted by Gasteiger charge is 2.09. The lowest BCUT2D eigenvalue weighted by atomic mass is 10.1. The van der Waals surface area contributed by atoms with Crippen LogP contribution >= 0.6 is 34.5 Å². The minimum absolute atomic E-state index is 0.117. The molecule has 18 heavy (non-hydrogen) atoms. The van der Waals surface area contributed by atoms with E-state index in [4.69, 9.17) is 28.9 Å². The fraction of sp³-hybridized carbons (Fsp3) is 0.333. The number of amidine groups is 1. The Labute approximate surface area is 121 Å². The molecule has 0 amide bonds. The quantitative estimate of drug-likeness (QED) is 0.521. The Kier molecular flexibility index (Phi) is 5.85. The van der Waals surface area contributed by atoms with Crippen molar-refractivity contribution in [3.63, 3.8) is 0 Å². The maximum absolute atomic E-state index is 6.13. The van der Waals surface area contributed by atoms with Crippen molar-refractivity contribution < 1.29 is 0 Å². The van der Waals surface area contributed by atoms with Gasteiger partial charge in [-0.1, -0.05) is 23.2 Å². The van der Waals surface area contributed by atoms with Gasteiger partial charge in [0, 0.05) is 21.6 Å². The zero-order valence-electron chi connectivity index (χ0n) is 10.4. The highest BCUT2D eigenvalue weighted by Crippen LogP contribution is 2.19. The molecular weight excluding hydrogens is 289 g/mol. The third kappa shape index (κ3) is 4.44.